The van der Waals surface area contributed by atoms with Gasteiger partial charge in [-0.05, 0) is 49.3 Å². The molecular weight excluding hydrogens is 572 g/mol. The number of methoxy groups -OCH3 is 1. The fraction of sp³-hybridized carbons (Fsp3) is 0.367. The van der Waals surface area contributed by atoms with Crippen molar-refractivity contribution < 1.29 is 27.8 Å². The molecule has 0 spiro atoms. The van der Waals surface area contributed by atoms with Crippen LogP contribution in [-0.4, -0.2) is 72.9 Å². The van der Waals surface area contributed by atoms with Crippen LogP contribution in [0.5, 0.6) is 17.4 Å². The summed E-state index contributed by atoms with van der Waals surface area (Å²) in [6.07, 6.45) is 3.48. The molecule has 12 nitrogen and oxygen atoms in total. The molecule has 0 saturated carbocycles. The predicted molar refractivity (Wildman–Crippen MR) is 169 cm³/mol. The number of nitrogens with zero attached hydrogens (tertiary/aromatic N) is 4. The van der Waals surface area contributed by atoms with Crippen molar-refractivity contribution in [2.75, 3.05) is 44.5 Å². The molecule has 0 atom stereocenters. The van der Waals surface area contributed by atoms with Gasteiger partial charge in [-0.1, -0.05) is 32.9 Å². The summed E-state index contributed by atoms with van der Waals surface area (Å²) in [5, 5.41) is 10.1. The van der Waals surface area contributed by atoms with Crippen molar-refractivity contribution in [2.24, 2.45) is 7.05 Å². The number of anilines is 2. The highest BCUT2D eigenvalue weighted by molar-refractivity contribution is 7.92. The molecule has 0 saturated heterocycles. The molecule has 0 aliphatic heterocycles. The Hall–Kier alpha value is -4.36. The van der Waals surface area contributed by atoms with Gasteiger partial charge in [0.25, 0.3) is 0 Å². The Balaban J connectivity index is 0.000000250. The van der Waals surface area contributed by atoms with E-state index in [-0.39, 0.29) is 11.1 Å². The molecule has 2 heterocycles. The Morgan fingerprint density at radius 1 is 1.16 bits per heavy atom. The van der Waals surface area contributed by atoms with Gasteiger partial charge in [0.05, 0.1) is 30.3 Å². The second-order valence-corrected chi connectivity index (χ2v) is 13.1. The third kappa shape index (κ3) is 8.82. The van der Waals surface area contributed by atoms with Crippen molar-refractivity contribution in [2.45, 2.75) is 32.6 Å². The molecule has 4 N–H and O–H groups in total. The molecule has 2 aromatic heterocycles. The van der Waals surface area contributed by atoms with Gasteiger partial charge in [0, 0.05) is 37.7 Å². The minimum absolute atomic E-state index is 0.131. The van der Waals surface area contributed by atoms with E-state index in [0.717, 1.165) is 30.2 Å². The number of aromatic carboxylic acids is 1. The zero-order valence-electron chi connectivity index (χ0n) is 25.8. The molecule has 2 aromatic carbocycles. The molecule has 43 heavy (non-hydrogen) atoms. The van der Waals surface area contributed by atoms with Gasteiger partial charge in [0.2, 0.25) is 15.9 Å². The van der Waals surface area contributed by atoms with E-state index in [4.69, 9.17) is 15.2 Å². The van der Waals surface area contributed by atoms with Gasteiger partial charge in [-0.3, -0.25) is 4.72 Å². The summed E-state index contributed by atoms with van der Waals surface area (Å²) in [5.41, 5.74) is 8.40. The quantitative estimate of drug-likeness (QED) is 0.229. The topological polar surface area (TPSA) is 162 Å². The van der Waals surface area contributed by atoms with Gasteiger partial charge >= 0.3 is 5.97 Å². The number of carbonyl (C=O) groups is 1. The van der Waals surface area contributed by atoms with Crippen LogP contribution in [-0.2, 0) is 28.9 Å². The summed E-state index contributed by atoms with van der Waals surface area (Å²) in [4.78, 5) is 22.1. The number of aryl methyl sites for hydroxylation is 1. The molecule has 4 aromatic rings. The maximum Gasteiger partial charge on any atom is 0.352 e. The fourth-order valence-electron chi connectivity index (χ4n) is 4.25. The van der Waals surface area contributed by atoms with Gasteiger partial charge in [0.1, 0.15) is 11.5 Å². The van der Waals surface area contributed by atoms with Crippen LogP contribution in [0.1, 0.15) is 42.6 Å². The lowest BCUT2D eigenvalue weighted by Gasteiger charge is -2.22. The smallest absolute Gasteiger partial charge is 0.352 e. The molecule has 232 valence electrons. The molecular formula is C30H40N6O6S. The van der Waals surface area contributed by atoms with E-state index < -0.39 is 16.0 Å². The number of ether oxygens (including phenoxy) is 2. The summed E-state index contributed by atoms with van der Waals surface area (Å²) >= 11 is 0. The molecule has 13 heteroatoms. The zero-order chi connectivity index (χ0) is 32.1. The Kier molecular flexibility index (Phi) is 10.3. The Labute approximate surface area is 252 Å². The second kappa shape index (κ2) is 13.3. The van der Waals surface area contributed by atoms with Crippen LogP contribution in [0, 0.1) is 0 Å². The lowest BCUT2D eigenvalue weighted by molar-refractivity contribution is 0.0687. The van der Waals surface area contributed by atoms with Gasteiger partial charge < -0.3 is 29.8 Å². The number of benzene rings is 2. The van der Waals surface area contributed by atoms with Crippen molar-refractivity contribution in [1.82, 2.24) is 19.4 Å². The van der Waals surface area contributed by atoms with E-state index in [2.05, 4.69) is 19.6 Å². The van der Waals surface area contributed by atoms with Gasteiger partial charge in [0.15, 0.2) is 11.5 Å². The molecule has 0 bridgehead atoms. The zero-order valence-corrected chi connectivity index (χ0v) is 26.6. The van der Waals surface area contributed by atoms with Crippen molar-refractivity contribution in [1.29, 1.82) is 0 Å². The minimum atomic E-state index is -3.37. The first-order chi connectivity index (χ1) is 20.0. The van der Waals surface area contributed by atoms with Crippen LogP contribution in [0.2, 0.25) is 0 Å². The summed E-state index contributed by atoms with van der Waals surface area (Å²) in [7, 11) is 3.78. The van der Waals surface area contributed by atoms with Crippen molar-refractivity contribution in [3.63, 3.8) is 0 Å². The highest BCUT2D eigenvalue weighted by atomic mass is 32.2. The van der Waals surface area contributed by atoms with E-state index in [1.807, 2.05) is 47.0 Å². The number of para-hydroxylation sites is 1. The number of nitrogens with two attached hydrogens (primary N) is 1. The van der Waals surface area contributed by atoms with Crippen LogP contribution < -0.4 is 19.9 Å². The molecule has 0 amide bonds. The lowest BCUT2D eigenvalue weighted by atomic mass is 9.86. The number of nitrogen functional groups attached to an aromatic ring is 1. The average Bonchev–Trinajstić information content (AvgIpc) is 3.24. The highest BCUT2D eigenvalue weighted by Gasteiger charge is 2.20. The van der Waals surface area contributed by atoms with E-state index in [0.29, 0.717) is 40.1 Å². The SMILES string of the molecule is CN(C)CCc1nccc(Oc2cccc3cc(C(=O)O)n(C)c23)n1.COc1c(N)cc(C(C)(C)C)cc1NS(C)(=O)=O. The third-order valence-electron chi connectivity index (χ3n) is 6.40. The van der Waals surface area contributed by atoms with E-state index in [1.165, 1.54) is 7.11 Å². The monoisotopic (exact) mass is 612 g/mol. The van der Waals surface area contributed by atoms with Crippen LogP contribution in [0.15, 0.2) is 48.7 Å². The molecule has 0 aliphatic rings. The largest absolute Gasteiger partial charge is 0.492 e. The number of aromatic nitrogens is 3. The Bertz CT molecular complexity index is 1710. The predicted octanol–water partition coefficient (Wildman–Crippen LogP) is 4.51. The number of carboxylic acid groups (broad SMARTS) is 1. The van der Waals surface area contributed by atoms with Crippen LogP contribution in [0.25, 0.3) is 10.9 Å². The molecule has 0 unspecified atom stereocenters. The second-order valence-electron chi connectivity index (χ2n) is 11.3. The van der Waals surface area contributed by atoms with Crippen molar-refractivity contribution >= 4 is 38.3 Å². The molecule has 0 radical (unpaired) electrons. The van der Waals surface area contributed by atoms with Crippen LogP contribution in [0.4, 0.5) is 11.4 Å². The number of hydrogen-bond acceptors (Lipinski definition) is 9. The summed E-state index contributed by atoms with van der Waals surface area (Å²) in [6.45, 7) is 6.92. The lowest BCUT2D eigenvalue weighted by Crippen LogP contribution is -2.16. The summed E-state index contributed by atoms with van der Waals surface area (Å²) in [5.74, 6) is 1.07. The number of nitrogens with one attached hydrogen (secondary N) is 1. The van der Waals surface area contributed by atoms with Crippen molar-refractivity contribution in [3.05, 3.63) is 65.7 Å². The molecule has 0 fully saturated rings. The van der Waals surface area contributed by atoms with Crippen LogP contribution >= 0.6 is 0 Å². The number of carboxylic acids is 1. The summed E-state index contributed by atoms with van der Waals surface area (Å²) in [6, 6.07) is 12.4. The van der Waals surface area contributed by atoms with E-state index >= 15 is 0 Å². The normalized spacial score (nSPS) is 11.7. The van der Waals surface area contributed by atoms with Gasteiger partial charge in [-0.2, -0.15) is 4.98 Å². The van der Waals surface area contributed by atoms with Gasteiger partial charge in [-0.15, -0.1) is 0 Å². The Morgan fingerprint density at radius 2 is 1.86 bits per heavy atom. The molecule has 0 aliphatic carbocycles. The third-order valence-corrected chi connectivity index (χ3v) is 6.99. The number of likely N-dealkylation sites (N-methyl/N-ethyl adjacent to an activating group) is 1. The average molecular weight is 613 g/mol. The van der Waals surface area contributed by atoms with Crippen molar-refractivity contribution in [3.8, 4) is 17.4 Å². The first kappa shape index (κ1) is 33.1. The number of rotatable bonds is 9. The highest BCUT2D eigenvalue weighted by Crippen LogP contribution is 2.37. The molecule has 4 rings (SSSR count). The first-order valence-corrected chi connectivity index (χ1v) is 15.3. The van der Waals surface area contributed by atoms with E-state index in [9.17, 15) is 18.3 Å². The minimum Gasteiger partial charge on any atom is -0.492 e. The number of sulfonamides is 1. The van der Waals surface area contributed by atoms with Gasteiger partial charge in [-0.25, -0.2) is 18.2 Å². The Morgan fingerprint density at radius 3 is 2.44 bits per heavy atom. The maximum atomic E-state index is 11.3. The first-order valence-electron chi connectivity index (χ1n) is 13.4. The number of hydrogen-bond donors (Lipinski definition) is 3. The van der Waals surface area contributed by atoms with E-state index in [1.54, 1.807) is 48.1 Å². The maximum absolute atomic E-state index is 11.3. The fourth-order valence-corrected chi connectivity index (χ4v) is 4.80. The number of fused-ring (bicyclic) bond motifs is 1. The standard InChI is InChI=1S/C18H20N4O3.C12H20N2O3S/c1-21(2)10-8-15-19-9-7-16(20-15)25-14-6-4-5-12-11-13(18(23)24)22(3)17(12)14;1-12(2,3)8-6-9(13)11(17-4)10(7-8)14-18(5,15)16/h4-7,9,11H,8,10H2,1-3H3,(H,23,24);6-7,14H,13H2,1-5H3. The summed E-state index contributed by atoms with van der Waals surface area (Å²) < 4.78 is 37.8. The van der Waals surface area contributed by atoms with Crippen LogP contribution in [0.3, 0.4) is 0 Å².